The lowest BCUT2D eigenvalue weighted by atomic mass is 9.91. The molecule has 2 aromatic carbocycles. The number of pyridine rings is 1. The molecule has 0 unspecified atom stereocenters. The van der Waals surface area contributed by atoms with E-state index in [0.29, 0.717) is 5.69 Å². The van der Waals surface area contributed by atoms with Crippen LogP contribution in [0, 0.1) is 34.7 Å². The smallest absolute Gasteiger partial charge is 0.306 e. The largest absolute Gasteiger partial charge is 0.460 e. The van der Waals surface area contributed by atoms with Crippen LogP contribution < -0.4 is 15.5 Å². The zero-order valence-corrected chi connectivity index (χ0v) is 25.1. The first-order chi connectivity index (χ1) is 20.2. The number of halogens is 3. The molecule has 226 valence electrons. The second-order valence-corrected chi connectivity index (χ2v) is 11.6. The predicted octanol–water partition coefficient (Wildman–Crippen LogP) is 6.59. The van der Waals surface area contributed by atoms with Gasteiger partial charge >= 0.3 is 5.97 Å². The highest BCUT2D eigenvalue weighted by Crippen LogP contribution is 2.34. The number of esters is 1. The van der Waals surface area contributed by atoms with E-state index in [9.17, 15) is 18.8 Å². The number of anilines is 4. The molecule has 0 fully saturated rings. The third-order valence-corrected chi connectivity index (χ3v) is 6.69. The maximum Gasteiger partial charge on any atom is 0.306 e. The molecule has 2 atom stereocenters. The molecular formula is C31H34F3N7O2. The van der Waals surface area contributed by atoms with Gasteiger partial charge in [-0.05, 0) is 68.7 Å². The van der Waals surface area contributed by atoms with Gasteiger partial charge in [0.15, 0.2) is 34.9 Å². The third kappa shape index (κ3) is 7.17. The van der Waals surface area contributed by atoms with E-state index in [4.69, 9.17) is 4.74 Å². The number of fused-ring (bicyclic) bond motifs is 1. The Morgan fingerprint density at radius 2 is 1.79 bits per heavy atom. The number of hydrogen-bond donors (Lipinski definition) is 2. The summed E-state index contributed by atoms with van der Waals surface area (Å²) < 4.78 is 50.6. The maximum atomic E-state index is 15.3. The number of hydrogen-bond acceptors (Lipinski definition) is 8. The molecule has 0 aliphatic rings. The number of rotatable bonds is 9. The molecule has 2 heterocycles. The van der Waals surface area contributed by atoms with Crippen molar-refractivity contribution in [1.82, 2.24) is 14.8 Å². The fraction of sp³-hybridized carbons (Fsp3) is 0.355. The van der Waals surface area contributed by atoms with Gasteiger partial charge in [0.05, 0.1) is 23.5 Å². The van der Waals surface area contributed by atoms with Crippen LogP contribution in [0.4, 0.5) is 36.3 Å². The van der Waals surface area contributed by atoms with E-state index in [0.717, 1.165) is 34.9 Å². The van der Waals surface area contributed by atoms with Crippen molar-refractivity contribution in [3.05, 3.63) is 71.0 Å². The van der Waals surface area contributed by atoms with Crippen LogP contribution in [0.2, 0.25) is 0 Å². The molecule has 0 amide bonds. The molecule has 2 N–H and O–H groups in total. The lowest BCUT2D eigenvalue weighted by Gasteiger charge is -2.28. The molecule has 0 spiro atoms. The molecule has 4 aromatic rings. The Morgan fingerprint density at radius 1 is 1.07 bits per heavy atom. The van der Waals surface area contributed by atoms with Crippen molar-refractivity contribution in [2.75, 3.05) is 29.6 Å². The Labute approximate surface area is 248 Å². The number of benzene rings is 2. The normalized spacial score (nSPS) is 12.9. The summed E-state index contributed by atoms with van der Waals surface area (Å²) in [4.78, 5) is 18.9. The SMILES string of the molecule is C[C@H](CC(=O)OC(C)(C)C)[C@H](Nc1nc(Nc2ccc3c(c2)c(N(C)C)nn3C)c(C#N)cc1F)c1ccc(F)c(F)c1. The minimum Gasteiger partial charge on any atom is -0.460 e. The van der Waals surface area contributed by atoms with Crippen LogP contribution in [0.5, 0.6) is 0 Å². The summed E-state index contributed by atoms with van der Waals surface area (Å²) in [5, 5.41) is 21.2. The average molecular weight is 594 g/mol. The first-order valence-electron chi connectivity index (χ1n) is 13.6. The first kappa shape index (κ1) is 31.2. The van der Waals surface area contributed by atoms with Crippen molar-refractivity contribution in [2.24, 2.45) is 13.0 Å². The van der Waals surface area contributed by atoms with E-state index >= 15 is 4.39 Å². The summed E-state index contributed by atoms with van der Waals surface area (Å²) in [6.45, 7) is 6.91. The van der Waals surface area contributed by atoms with Gasteiger partial charge in [-0.25, -0.2) is 18.2 Å². The first-order valence-corrected chi connectivity index (χ1v) is 13.6. The monoisotopic (exact) mass is 593 g/mol. The van der Waals surface area contributed by atoms with Crippen LogP contribution >= 0.6 is 0 Å². The average Bonchev–Trinajstić information content (AvgIpc) is 3.25. The van der Waals surface area contributed by atoms with Crippen LogP contribution in [0.15, 0.2) is 42.5 Å². The zero-order chi connectivity index (χ0) is 31.6. The molecule has 0 saturated carbocycles. The lowest BCUT2D eigenvalue weighted by molar-refractivity contribution is -0.155. The molecule has 12 heteroatoms. The van der Waals surface area contributed by atoms with E-state index in [1.165, 1.54) is 6.07 Å². The summed E-state index contributed by atoms with van der Waals surface area (Å²) in [6, 6.07) is 10.9. The number of carbonyl (C=O) groups is 1. The fourth-order valence-electron chi connectivity index (χ4n) is 4.73. The third-order valence-electron chi connectivity index (χ3n) is 6.69. The molecule has 9 nitrogen and oxygen atoms in total. The number of ether oxygens (including phenoxy) is 1. The molecule has 0 aliphatic heterocycles. The molecule has 0 radical (unpaired) electrons. The number of carbonyl (C=O) groups excluding carboxylic acids is 1. The molecular weight excluding hydrogens is 559 g/mol. The van der Waals surface area contributed by atoms with Crippen LogP contribution in [-0.2, 0) is 16.6 Å². The van der Waals surface area contributed by atoms with E-state index in [1.54, 1.807) is 38.4 Å². The highest BCUT2D eigenvalue weighted by Gasteiger charge is 2.27. The van der Waals surface area contributed by atoms with Gasteiger partial charge < -0.3 is 20.3 Å². The van der Waals surface area contributed by atoms with Crippen LogP contribution in [-0.4, -0.2) is 40.4 Å². The summed E-state index contributed by atoms with van der Waals surface area (Å²) in [5.41, 5.74) is 0.967. The Bertz CT molecular complexity index is 1710. The quantitative estimate of drug-likeness (QED) is 0.209. The highest BCUT2D eigenvalue weighted by molar-refractivity contribution is 5.93. The summed E-state index contributed by atoms with van der Waals surface area (Å²) in [6.07, 6.45) is -0.101. The van der Waals surface area contributed by atoms with E-state index < -0.39 is 41.0 Å². The van der Waals surface area contributed by atoms with Crippen molar-refractivity contribution in [3.63, 3.8) is 0 Å². The van der Waals surface area contributed by atoms with Crippen molar-refractivity contribution in [2.45, 2.75) is 45.8 Å². The van der Waals surface area contributed by atoms with Crippen molar-refractivity contribution >= 4 is 40.0 Å². The van der Waals surface area contributed by atoms with Crippen molar-refractivity contribution < 1.29 is 22.7 Å². The Balaban J connectivity index is 1.71. The molecule has 4 rings (SSSR count). The van der Waals surface area contributed by atoms with Gasteiger partial charge in [-0.2, -0.15) is 10.4 Å². The second-order valence-electron chi connectivity index (χ2n) is 11.6. The standard InChI is InChI=1S/C31H34F3N7O2/c1-17(12-26(42)43-31(2,3)4)27(18-8-10-22(32)23(33)13-18)37-29-24(34)14-19(16-35)28(38-29)36-20-9-11-25-21(15-20)30(40(5)6)39-41(25)7/h8-11,13-15,17,27H,12H2,1-7H3,(H2,36,37,38)/t17-,27+/m1/s1. The summed E-state index contributed by atoms with van der Waals surface area (Å²) >= 11 is 0. The van der Waals surface area contributed by atoms with Gasteiger partial charge in [-0.3, -0.25) is 9.48 Å². The number of nitrogens with one attached hydrogen (secondary N) is 2. The van der Waals surface area contributed by atoms with Gasteiger partial charge in [0.25, 0.3) is 0 Å². The second kappa shape index (κ2) is 12.2. The topological polar surface area (TPSA) is 108 Å². The van der Waals surface area contributed by atoms with Gasteiger partial charge in [0.2, 0.25) is 0 Å². The van der Waals surface area contributed by atoms with Gasteiger partial charge in [-0.15, -0.1) is 0 Å². The molecule has 2 aromatic heterocycles. The Morgan fingerprint density at radius 3 is 2.42 bits per heavy atom. The molecule has 0 saturated heterocycles. The molecule has 43 heavy (non-hydrogen) atoms. The van der Waals surface area contributed by atoms with Crippen LogP contribution in [0.3, 0.4) is 0 Å². The van der Waals surface area contributed by atoms with Crippen LogP contribution in [0.1, 0.15) is 51.3 Å². The van der Waals surface area contributed by atoms with Gasteiger partial charge in [-0.1, -0.05) is 13.0 Å². The number of aryl methyl sites for hydroxylation is 1. The number of nitriles is 1. The van der Waals surface area contributed by atoms with Gasteiger partial charge in [0, 0.05) is 32.2 Å². The minimum atomic E-state index is -1.09. The Kier molecular flexibility index (Phi) is 8.85. The lowest BCUT2D eigenvalue weighted by Crippen LogP contribution is -2.28. The minimum absolute atomic E-state index is 0.0478. The Hall–Kier alpha value is -4.79. The maximum absolute atomic E-state index is 15.3. The molecule has 0 aliphatic carbocycles. The van der Waals surface area contributed by atoms with Gasteiger partial charge in [0.1, 0.15) is 11.7 Å². The summed E-state index contributed by atoms with van der Waals surface area (Å²) in [5.74, 6) is -3.47. The van der Waals surface area contributed by atoms with Crippen molar-refractivity contribution in [3.8, 4) is 6.07 Å². The van der Waals surface area contributed by atoms with Crippen molar-refractivity contribution in [1.29, 1.82) is 5.26 Å². The summed E-state index contributed by atoms with van der Waals surface area (Å²) in [7, 11) is 5.59. The van der Waals surface area contributed by atoms with E-state index in [2.05, 4.69) is 20.7 Å². The number of nitrogens with zero attached hydrogens (tertiary/aromatic N) is 5. The highest BCUT2D eigenvalue weighted by atomic mass is 19.2. The molecule has 0 bridgehead atoms. The zero-order valence-electron chi connectivity index (χ0n) is 25.1. The fourth-order valence-corrected chi connectivity index (χ4v) is 4.73. The van der Waals surface area contributed by atoms with E-state index in [-0.39, 0.29) is 29.2 Å². The van der Waals surface area contributed by atoms with Crippen LogP contribution in [0.25, 0.3) is 10.9 Å². The predicted molar refractivity (Wildman–Crippen MR) is 160 cm³/mol. The number of aromatic nitrogens is 3. The van der Waals surface area contributed by atoms with E-state index in [1.807, 2.05) is 44.2 Å².